The van der Waals surface area contributed by atoms with Gasteiger partial charge in [0, 0.05) is 31.7 Å². The summed E-state index contributed by atoms with van der Waals surface area (Å²) in [5, 5.41) is 10.4. The molecule has 3 aromatic rings. The Morgan fingerprint density at radius 3 is 2.70 bits per heavy atom. The molecule has 1 aliphatic rings. The minimum Gasteiger partial charge on any atom is -0.437 e. The van der Waals surface area contributed by atoms with Crippen LogP contribution in [0.2, 0.25) is 0 Å². The summed E-state index contributed by atoms with van der Waals surface area (Å²) >= 11 is 0. The predicted molar refractivity (Wildman–Crippen MR) is 113 cm³/mol. The molecule has 0 atom stereocenters. The number of anilines is 1. The van der Waals surface area contributed by atoms with E-state index in [0.29, 0.717) is 30.5 Å². The van der Waals surface area contributed by atoms with E-state index in [-0.39, 0.29) is 6.03 Å². The van der Waals surface area contributed by atoms with E-state index >= 15 is 0 Å². The third-order valence-electron chi connectivity index (χ3n) is 4.78. The first kappa shape index (κ1) is 19.5. The van der Waals surface area contributed by atoms with Crippen molar-refractivity contribution in [1.29, 1.82) is 0 Å². The lowest BCUT2D eigenvalue weighted by molar-refractivity contribution is 0.207. The largest absolute Gasteiger partial charge is 0.437 e. The molecule has 152 valence electrons. The molecule has 2 aromatic heterocycles. The third kappa shape index (κ3) is 4.96. The van der Waals surface area contributed by atoms with Gasteiger partial charge in [0.05, 0.1) is 5.69 Å². The topological polar surface area (TPSA) is 93.1 Å². The Hall–Kier alpha value is -3.81. The quantitative estimate of drug-likeness (QED) is 0.707. The van der Waals surface area contributed by atoms with E-state index in [1.165, 1.54) is 5.57 Å². The molecule has 0 aliphatic carbocycles. The Balaban J connectivity index is 1.36. The van der Waals surface area contributed by atoms with Gasteiger partial charge in [0.1, 0.15) is 5.75 Å². The van der Waals surface area contributed by atoms with Crippen molar-refractivity contribution in [2.24, 2.45) is 0 Å². The maximum absolute atomic E-state index is 12.4. The highest BCUT2D eigenvalue weighted by molar-refractivity contribution is 5.88. The van der Waals surface area contributed by atoms with Crippen LogP contribution in [0.25, 0.3) is 6.08 Å². The number of urea groups is 1. The van der Waals surface area contributed by atoms with Crippen molar-refractivity contribution < 1.29 is 9.53 Å². The molecule has 0 spiro atoms. The van der Waals surface area contributed by atoms with Crippen LogP contribution in [0.4, 0.5) is 10.6 Å². The zero-order chi connectivity index (χ0) is 20.8. The Kier molecular flexibility index (Phi) is 5.93. The molecule has 0 bridgehead atoms. The molecule has 4 rings (SSSR count). The summed E-state index contributed by atoms with van der Waals surface area (Å²) in [6, 6.07) is 11.2. The number of hydrogen-bond donors (Lipinski definition) is 1. The van der Waals surface area contributed by atoms with E-state index in [4.69, 9.17) is 4.74 Å². The lowest BCUT2D eigenvalue weighted by Crippen LogP contribution is -2.39. The highest BCUT2D eigenvalue weighted by atomic mass is 16.5. The number of amides is 2. The fourth-order valence-corrected chi connectivity index (χ4v) is 3.21. The van der Waals surface area contributed by atoms with Gasteiger partial charge in [0.25, 0.3) is 0 Å². The summed E-state index contributed by atoms with van der Waals surface area (Å²) in [6.45, 7) is 3.18. The van der Waals surface area contributed by atoms with E-state index < -0.39 is 0 Å². The molecule has 30 heavy (non-hydrogen) atoms. The fraction of sp³-hybridized carbons (Fsp3) is 0.227. The number of carbonyl (C=O) groups excluding carboxylic acids is 1. The summed E-state index contributed by atoms with van der Waals surface area (Å²) < 4.78 is 5.87. The van der Waals surface area contributed by atoms with Crippen LogP contribution in [0.1, 0.15) is 24.1 Å². The average Bonchev–Trinajstić information content (AvgIpc) is 2.77. The number of nitrogens with zero attached hydrogens (tertiary/aromatic N) is 5. The molecular formula is C22H22N6O2. The smallest absolute Gasteiger partial charge is 0.323 e. The molecule has 8 heteroatoms. The second-order valence-electron chi connectivity index (χ2n) is 6.95. The molecule has 1 fully saturated rings. The van der Waals surface area contributed by atoms with Crippen LogP contribution < -0.4 is 10.1 Å². The molecule has 0 radical (unpaired) electrons. The second-order valence-corrected chi connectivity index (χ2v) is 6.95. The highest BCUT2D eigenvalue weighted by Crippen LogP contribution is 2.25. The normalized spacial score (nSPS) is 13.6. The number of nitrogens with one attached hydrogen (secondary N) is 1. The Morgan fingerprint density at radius 1 is 1.10 bits per heavy atom. The number of benzene rings is 1. The van der Waals surface area contributed by atoms with Crippen LogP contribution in [-0.4, -0.2) is 44.2 Å². The van der Waals surface area contributed by atoms with Gasteiger partial charge < -0.3 is 9.64 Å². The standard InChI is InChI=1S/C22H22N6O2/c1-16-21(24-11-10-23-16)30-19-5-2-4-18(15-19)14-17-7-12-28(13-8-17)22(29)26-20-6-3-9-25-27-20/h2-6,9-11,14-15H,7-8,12-13H2,1H3,(H,26,27,29). The van der Waals surface area contributed by atoms with Crippen molar-refractivity contribution in [2.45, 2.75) is 19.8 Å². The molecule has 0 saturated carbocycles. The van der Waals surface area contributed by atoms with Crippen molar-refractivity contribution in [3.05, 3.63) is 71.8 Å². The van der Waals surface area contributed by atoms with E-state index in [0.717, 1.165) is 24.1 Å². The summed E-state index contributed by atoms with van der Waals surface area (Å²) in [4.78, 5) is 22.6. The van der Waals surface area contributed by atoms with Gasteiger partial charge in [0.2, 0.25) is 5.88 Å². The first-order valence-corrected chi connectivity index (χ1v) is 9.76. The number of hydrogen-bond acceptors (Lipinski definition) is 6. The lowest BCUT2D eigenvalue weighted by atomic mass is 10.0. The van der Waals surface area contributed by atoms with Crippen LogP contribution >= 0.6 is 0 Å². The maximum Gasteiger partial charge on any atom is 0.323 e. The third-order valence-corrected chi connectivity index (χ3v) is 4.78. The Morgan fingerprint density at radius 2 is 1.93 bits per heavy atom. The number of aryl methyl sites for hydroxylation is 1. The van der Waals surface area contributed by atoms with Gasteiger partial charge >= 0.3 is 6.03 Å². The molecule has 3 heterocycles. The van der Waals surface area contributed by atoms with Gasteiger partial charge in [-0.05, 0) is 49.6 Å². The van der Waals surface area contributed by atoms with Crippen LogP contribution in [0.5, 0.6) is 11.6 Å². The molecule has 1 N–H and O–H groups in total. The number of rotatable bonds is 4. The number of carbonyl (C=O) groups is 1. The van der Waals surface area contributed by atoms with Crippen LogP contribution in [-0.2, 0) is 0 Å². The van der Waals surface area contributed by atoms with Gasteiger partial charge in [-0.3, -0.25) is 10.3 Å². The van der Waals surface area contributed by atoms with Crippen LogP contribution in [0.15, 0.2) is 60.6 Å². The maximum atomic E-state index is 12.4. The van der Waals surface area contributed by atoms with E-state index in [2.05, 4.69) is 31.6 Å². The first-order valence-electron chi connectivity index (χ1n) is 9.76. The van der Waals surface area contributed by atoms with E-state index in [9.17, 15) is 4.79 Å². The molecule has 0 unspecified atom stereocenters. The van der Waals surface area contributed by atoms with Crippen molar-refractivity contribution in [2.75, 3.05) is 18.4 Å². The highest BCUT2D eigenvalue weighted by Gasteiger charge is 2.19. The minimum absolute atomic E-state index is 0.149. The summed E-state index contributed by atoms with van der Waals surface area (Å²) in [6.07, 6.45) is 8.63. The van der Waals surface area contributed by atoms with Crippen LogP contribution in [0, 0.1) is 6.92 Å². The number of piperidine rings is 1. The monoisotopic (exact) mass is 402 g/mol. The molecule has 1 saturated heterocycles. The zero-order valence-corrected chi connectivity index (χ0v) is 16.7. The fourth-order valence-electron chi connectivity index (χ4n) is 3.21. The molecule has 2 amide bonds. The molecule has 8 nitrogen and oxygen atoms in total. The van der Waals surface area contributed by atoms with E-state index in [1.807, 2.05) is 31.2 Å². The first-order chi connectivity index (χ1) is 14.7. The van der Waals surface area contributed by atoms with Crippen LogP contribution in [0.3, 0.4) is 0 Å². The van der Waals surface area contributed by atoms with Gasteiger partial charge in [-0.2, -0.15) is 5.10 Å². The molecular weight excluding hydrogens is 380 g/mol. The number of likely N-dealkylation sites (tertiary alicyclic amines) is 1. The van der Waals surface area contributed by atoms with Crippen molar-refractivity contribution in [3.63, 3.8) is 0 Å². The lowest BCUT2D eigenvalue weighted by Gasteiger charge is -2.28. The van der Waals surface area contributed by atoms with E-state index in [1.54, 1.807) is 35.6 Å². The molecule has 1 aliphatic heterocycles. The van der Waals surface area contributed by atoms with Gasteiger partial charge in [-0.1, -0.05) is 23.8 Å². The Bertz CT molecular complexity index is 1040. The Labute approximate surface area is 174 Å². The number of ether oxygens (including phenoxy) is 1. The second kappa shape index (κ2) is 9.13. The number of aromatic nitrogens is 4. The average molecular weight is 402 g/mol. The zero-order valence-electron chi connectivity index (χ0n) is 16.7. The van der Waals surface area contributed by atoms with Gasteiger partial charge in [-0.25, -0.2) is 9.78 Å². The summed E-state index contributed by atoms with van der Waals surface area (Å²) in [5.74, 6) is 1.68. The van der Waals surface area contributed by atoms with Crippen molar-refractivity contribution in [3.8, 4) is 11.6 Å². The van der Waals surface area contributed by atoms with Gasteiger partial charge in [0.15, 0.2) is 5.82 Å². The van der Waals surface area contributed by atoms with Crippen molar-refractivity contribution >= 4 is 17.9 Å². The van der Waals surface area contributed by atoms with Crippen molar-refractivity contribution in [1.82, 2.24) is 25.1 Å². The summed E-state index contributed by atoms with van der Waals surface area (Å²) in [7, 11) is 0. The SMILES string of the molecule is Cc1nccnc1Oc1cccc(C=C2CCN(C(=O)Nc3cccnn3)CC2)c1. The van der Waals surface area contributed by atoms with Gasteiger partial charge in [-0.15, -0.1) is 5.10 Å². The minimum atomic E-state index is -0.149. The predicted octanol–water partition coefficient (Wildman–Crippen LogP) is 4.08. The molecule has 1 aromatic carbocycles. The summed E-state index contributed by atoms with van der Waals surface area (Å²) in [5.41, 5.74) is 3.10.